The van der Waals surface area contributed by atoms with E-state index in [1.165, 1.54) is 11.1 Å². The Bertz CT molecular complexity index is 356. The van der Waals surface area contributed by atoms with E-state index in [1.807, 2.05) is 0 Å². The summed E-state index contributed by atoms with van der Waals surface area (Å²) in [6.45, 7) is 6.09. The van der Waals surface area contributed by atoms with E-state index < -0.39 is 0 Å². The molecule has 1 saturated carbocycles. The van der Waals surface area contributed by atoms with Gasteiger partial charge in [0.2, 0.25) is 0 Å². The van der Waals surface area contributed by atoms with Crippen molar-refractivity contribution in [2.75, 3.05) is 13.7 Å². The molecule has 88 valence electrons. The summed E-state index contributed by atoms with van der Waals surface area (Å²) in [5.74, 6) is 1.27. The highest BCUT2D eigenvalue weighted by Gasteiger charge is 2.56. The maximum Gasteiger partial charge on any atom is 0.0713 e. The van der Waals surface area contributed by atoms with Crippen molar-refractivity contribution in [3.05, 3.63) is 35.4 Å². The molecule has 0 saturated heterocycles. The topological polar surface area (TPSA) is 35.2 Å². The second kappa shape index (κ2) is 4.19. The molecule has 0 spiro atoms. The predicted octanol–water partition coefficient (Wildman–Crippen LogP) is 2.53. The number of benzene rings is 1. The monoisotopic (exact) mass is 219 g/mol. The van der Waals surface area contributed by atoms with Gasteiger partial charge in [0.05, 0.1) is 6.61 Å². The van der Waals surface area contributed by atoms with Gasteiger partial charge in [-0.1, -0.05) is 38.1 Å². The first kappa shape index (κ1) is 11.6. The molecule has 0 amide bonds. The van der Waals surface area contributed by atoms with E-state index in [-0.39, 0.29) is 0 Å². The van der Waals surface area contributed by atoms with Crippen LogP contribution in [0.25, 0.3) is 0 Å². The second-order valence-electron chi connectivity index (χ2n) is 5.32. The van der Waals surface area contributed by atoms with Crippen LogP contribution in [0.3, 0.4) is 0 Å². The molecular weight excluding hydrogens is 198 g/mol. The Labute approximate surface area is 97.8 Å². The molecule has 2 rings (SSSR count). The van der Waals surface area contributed by atoms with Gasteiger partial charge in [-0.25, -0.2) is 0 Å². The lowest BCUT2D eigenvalue weighted by molar-refractivity contribution is 0.185. The lowest BCUT2D eigenvalue weighted by Gasteiger charge is -2.05. The lowest BCUT2D eigenvalue weighted by atomic mass is 10.0. The van der Waals surface area contributed by atoms with Crippen LogP contribution < -0.4 is 5.73 Å². The number of hydrogen-bond donors (Lipinski definition) is 1. The lowest BCUT2D eigenvalue weighted by Crippen LogP contribution is -2.05. The maximum atomic E-state index is 5.79. The molecular formula is C14H21NO. The van der Waals surface area contributed by atoms with Gasteiger partial charge in [0, 0.05) is 7.11 Å². The summed E-state index contributed by atoms with van der Waals surface area (Å²) in [5, 5.41) is 0. The second-order valence-corrected chi connectivity index (χ2v) is 5.32. The zero-order valence-corrected chi connectivity index (χ0v) is 10.4. The fourth-order valence-electron chi connectivity index (χ4n) is 2.83. The van der Waals surface area contributed by atoms with Gasteiger partial charge in [-0.2, -0.15) is 0 Å². The highest BCUT2D eigenvalue weighted by molar-refractivity contribution is 5.33. The molecule has 1 aromatic carbocycles. The normalized spacial score (nSPS) is 26.8. The number of rotatable bonds is 4. The minimum Gasteiger partial charge on any atom is -0.380 e. The Morgan fingerprint density at radius 3 is 2.31 bits per heavy atom. The van der Waals surface area contributed by atoms with Gasteiger partial charge >= 0.3 is 0 Å². The highest BCUT2D eigenvalue weighted by Crippen LogP contribution is 2.63. The SMILES string of the molecule is COCc1ccc(C2C(CN)C2(C)C)cc1. The maximum absolute atomic E-state index is 5.79. The molecule has 1 aliphatic carbocycles. The average Bonchev–Trinajstić information content (AvgIpc) is 2.82. The first-order chi connectivity index (χ1) is 7.61. The molecule has 16 heavy (non-hydrogen) atoms. The molecule has 1 aliphatic rings. The van der Waals surface area contributed by atoms with Crippen LogP contribution in [0.15, 0.2) is 24.3 Å². The van der Waals surface area contributed by atoms with Gasteiger partial charge in [-0.05, 0) is 34.9 Å². The molecule has 2 unspecified atom stereocenters. The number of methoxy groups -OCH3 is 1. The van der Waals surface area contributed by atoms with Crippen LogP contribution in [0.2, 0.25) is 0 Å². The molecule has 0 aliphatic heterocycles. The third-order valence-corrected chi connectivity index (χ3v) is 3.95. The van der Waals surface area contributed by atoms with E-state index in [1.54, 1.807) is 7.11 Å². The van der Waals surface area contributed by atoms with Gasteiger partial charge in [0.1, 0.15) is 0 Å². The van der Waals surface area contributed by atoms with Crippen molar-refractivity contribution in [3.8, 4) is 0 Å². The van der Waals surface area contributed by atoms with Crippen molar-refractivity contribution in [1.29, 1.82) is 0 Å². The summed E-state index contributed by atoms with van der Waals surface area (Å²) < 4.78 is 5.11. The summed E-state index contributed by atoms with van der Waals surface area (Å²) in [6, 6.07) is 8.74. The summed E-state index contributed by atoms with van der Waals surface area (Å²) in [5.41, 5.74) is 8.81. The van der Waals surface area contributed by atoms with Crippen LogP contribution in [0.1, 0.15) is 30.9 Å². The molecule has 2 heteroatoms. The fourth-order valence-corrected chi connectivity index (χ4v) is 2.83. The Morgan fingerprint density at radius 2 is 1.88 bits per heavy atom. The minimum absolute atomic E-state index is 0.373. The smallest absolute Gasteiger partial charge is 0.0713 e. The van der Waals surface area contributed by atoms with Gasteiger partial charge in [-0.15, -0.1) is 0 Å². The van der Waals surface area contributed by atoms with Crippen LogP contribution in [0, 0.1) is 11.3 Å². The van der Waals surface area contributed by atoms with Crippen molar-refractivity contribution < 1.29 is 4.74 Å². The van der Waals surface area contributed by atoms with Gasteiger partial charge in [-0.3, -0.25) is 0 Å². The van der Waals surface area contributed by atoms with Crippen molar-refractivity contribution in [2.45, 2.75) is 26.4 Å². The van der Waals surface area contributed by atoms with Crippen LogP contribution in [0.5, 0.6) is 0 Å². The zero-order valence-electron chi connectivity index (χ0n) is 10.4. The van der Waals surface area contributed by atoms with Crippen molar-refractivity contribution in [2.24, 2.45) is 17.1 Å². The quantitative estimate of drug-likeness (QED) is 0.844. The Morgan fingerprint density at radius 1 is 1.25 bits per heavy atom. The predicted molar refractivity (Wildman–Crippen MR) is 66.2 cm³/mol. The van der Waals surface area contributed by atoms with Gasteiger partial charge in [0.15, 0.2) is 0 Å². The summed E-state index contributed by atoms with van der Waals surface area (Å²) in [7, 11) is 1.72. The zero-order chi connectivity index (χ0) is 11.8. The van der Waals surface area contributed by atoms with Crippen LogP contribution in [0.4, 0.5) is 0 Å². The van der Waals surface area contributed by atoms with Crippen molar-refractivity contribution >= 4 is 0 Å². The Balaban J connectivity index is 2.12. The van der Waals surface area contributed by atoms with E-state index in [0.717, 1.165) is 6.54 Å². The van der Waals surface area contributed by atoms with Gasteiger partial charge < -0.3 is 10.5 Å². The molecule has 1 aromatic rings. The molecule has 0 bridgehead atoms. The van der Waals surface area contributed by atoms with Gasteiger partial charge in [0.25, 0.3) is 0 Å². The Kier molecular flexibility index (Phi) is 3.04. The van der Waals surface area contributed by atoms with E-state index in [0.29, 0.717) is 23.9 Å². The molecule has 2 nitrogen and oxygen atoms in total. The average molecular weight is 219 g/mol. The molecule has 2 atom stereocenters. The molecule has 1 fully saturated rings. The van der Waals surface area contributed by atoms with Crippen LogP contribution in [-0.2, 0) is 11.3 Å². The van der Waals surface area contributed by atoms with Crippen LogP contribution in [-0.4, -0.2) is 13.7 Å². The fraction of sp³-hybridized carbons (Fsp3) is 0.571. The summed E-state index contributed by atoms with van der Waals surface area (Å²) in [6.07, 6.45) is 0. The molecule has 0 aromatic heterocycles. The highest BCUT2D eigenvalue weighted by atomic mass is 16.5. The van der Waals surface area contributed by atoms with Crippen molar-refractivity contribution in [1.82, 2.24) is 0 Å². The van der Waals surface area contributed by atoms with Crippen molar-refractivity contribution in [3.63, 3.8) is 0 Å². The summed E-state index contributed by atoms with van der Waals surface area (Å²) in [4.78, 5) is 0. The molecule has 0 radical (unpaired) electrons. The first-order valence-electron chi connectivity index (χ1n) is 5.89. The third-order valence-electron chi connectivity index (χ3n) is 3.95. The third kappa shape index (κ3) is 1.87. The summed E-state index contributed by atoms with van der Waals surface area (Å²) >= 11 is 0. The number of hydrogen-bond acceptors (Lipinski definition) is 2. The standard InChI is InChI=1S/C14H21NO/c1-14(2)12(8-15)13(14)11-6-4-10(5-7-11)9-16-3/h4-7,12-13H,8-9,15H2,1-3H3. The van der Waals surface area contributed by atoms with E-state index in [2.05, 4.69) is 38.1 Å². The minimum atomic E-state index is 0.373. The first-order valence-corrected chi connectivity index (χ1v) is 5.89. The number of nitrogens with two attached hydrogens (primary N) is 1. The van der Waals surface area contributed by atoms with Crippen LogP contribution >= 0.6 is 0 Å². The van der Waals surface area contributed by atoms with E-state index in [4.69, 9.17) is 10.5 Å². The Hall–Kier alpha value is -0.860. The molecule has 2 N–H and O–H groups in total. The van der Waals surface area contributed by atoms with E-state index in [9.17, 15) is 0 Å². The largest absolute Gasteiger partial charge is 0.380 e. The van der Waals surface area contributed by atoms with E-state index >= 15 is 0 Å². The number of ether oxygens (including phenoxy) is 1. The molecule has 0 heterocycles.